The Morgan fingerprint density at radius 1 is 1.36 bits per heavy atom. The molecule has 1 saturated carbocycles. The third kappa shape index (κ3) is 2.17. The molecule has 2 nitrogen and oxygen atoms in total. The maximum absolute atomic E-state index is 5.75. The molecule has 0 aromatic heterocycles. The van der Waals surface area contributed by atoms with Gasteiger partial charge in [-0.25, -0.2) is 0 Å². The molecule has 0 spiro atoms. The van der Waals surface area contributed by atoms with Crippen molar-refractivity contribution >= 4 is 0 Å². The fraction of sp³-hybridized carbons (Fsp3) is 1.00. The lowest BCUT2D eigenvalue weighted by Crippen LogP contribution is -2.51. The van der Waals surface area contributed by atoms with Crippen molar-refractivity contribution < 1.29 is 0 Å². The van der Waals surface area contributed by atoms with E-state index >= 15 is 0 Å². The summed E-state index contributed by atoms with van der Waals surface area (Å²) in [6.45, 7) is 5.18. The molecule has 1 aliphatic carbocycles. The average molecular weight is 156 g/mol. The van der Waals surface area contributed by atoms with Gasteiger partial charge in [0.25, 0.3) is 0 Å². The molecule has 0 amide bonds. The van der Waals surface area contributed by atoms with Crippen molar-refractivity contribution in [1.82, 2.24) is 5.32 Å². The maximum Gasteiger partial charge on any atom is 0.0306 e. The highest BCUT2D eigenvalue weighted by atomic mass is 15.0. The van der Waals surface area contributed by atoms with Crippen molar-refractivity contribution in [2.45, 2.75) is 51.1 Å². The Hall–Kier alpha value is -0.0800. The third-order valence-electron chi connectivity index (χ3n) is 2.55. The second-order valence-corrected chi connectivity index (χ2v) is 3.99. The highest BCUT2D eigenvalue weighted by Crippen LogP contribution is 2.28. The van der Waals surface area contributed by atoms with E-state index in [1.54, 1.807) is 0 Å². The molecule has 0 aromatic carbocycles. The third-order valence-corrected chi connectivity index (χ3v) is 2.55. The van der Waals surface area contributed by atoms with Gasteiger partial charge in [-0.05, 0) is 12.8 Å². The van der Waals surface area contributed by atoms with Crippen LogP contribution in [-0.2, 0) is 0 Å². The van der Waals surface area contributed by atoms with Crippen LogP contribution in [-0.4, -0.2) is 18.1 Å². The molecule has 1 aliphatic rings. The summed E-state index contributed by atoms with van der Waals surface area (Å²) in [6.07, 6.45) is 5.22. The Bertz CT molecular complexity index is 115. The van der Waals surface area contributed by atoms with Crippen LogP contribution < -0.4 is 11.1 Å². The minimum absolute atomic E-state index is 0.286. The van der Waals surface area contributed by atoms with Crippen LogP contribution in [0.25, 0.3) is 0 Å². The monoisotopic (exact) mass is 156 g/mol. The molecule has 0 bridgehead atoms. The first-order valence-corrected chi connectivity index (χ1v) is 4.66. The summed E-state index contributed by atoms with van der Waals surface area (Å²) < 4.78 is 0. The molecule has 11 heavy (non-hydrogen) atoms. The molecular weight excluding hydrogens is 136 g/mol. The second-order valence-electron chi connectivity index (χ2n) is 3.99. The van der Waals surface area contributed by atoms with Crippen LogP contribution >= 0.6 is 0 Å². The Labute approximate surface area is 69.5 Å². The van der Waals surface area contributed by atoms with Crippen molar-refractivity contribution in [2.75, 3.05) is 6.54 Å². The van der Waals surface area contributed by atoms with Gasteiger partial charge in [-0.2, -0.15) is 0 Å². The van der Waals surface area contributed by atoms with E-state index < -0.39 is 0 Å². The number of rotatable bonds is 3. The molecule has 0 saturated heterocycles. The predicted molar refractivity (Wildman–Crippen MR) is 48.5 cm³/mol. The van der Waals surface area contributed by atoms with Crippen molar-refractivity contribution in [3.63, 3.8) is 0 Å². The minimum atomic E-state index is 0.286. The first-order valence-electron chi connectivity index (χ1n) is 4.66. The first-order chi connectivity index (χ1) is 5.18. The summed E-state index contributed by atoms with van der Waals surface area (Å²) in [6, 6.07) is 0.566. The molecular formula is C9H20N2. The first kappa shape index (κ1) is 9.01. The van der Waals surface area contributed by atoms with E-state index in [9.17, 15) is 0 Å². The topological polar surface area (TPSA) is 38.0 Å². The quantitative estimate of drug-likeness (QED) is 0.645. The SMILES string of the molecule is CC(C)NC1(CN)CCCC1. The van der Waals surface area contributed by atoms with Crippen LogP contribution in [0.1, 0.15) is 39.5 Å². The highest BCUT2D eigenvalue weighted by molar-refractivity contribution is 4.94. The van der Waals surface area contributed by atoms with E-state index in [1.165, 1.54) is 25.7 Å². The van der Waals surface area contributed by atoms with Crippen molar-refractivity contribution in [2.24, 2.45) is 5.73 Å². The molecule has 1 fully saturated rings. The predicted octanol–water partition coefficient (Wildman–Crippen LogP) is 1.26. The molecule has 0 atom stereocenters. The summed E-state index contributed by atoms with van der Waals surface area (Å²) in [7, 11) is 0. The van der Waals surface area contributed by atoms with Crippen LogP contribution in [0.4, 0.5) is 0 Å². The lowest BCUT2D eigenvalue weighted by Gasteiger charge is -2.31. The van der Waals surface area contributed by atoms with Crippen LogP contribution in [0.15, 0.2) is 0 Å². The van der Waals surface area contributed by atoms with Crippen LogP contribution in [0, 0.1) is 0 Å². The fourth-order valence-electron chi connectivity index (χ4n) is 2.07. The zero-order chi connectivity index (χ0) is 8.32. The lowest BCUT2D eigenvalue weighted by atomic mass is 9.97. The van der Waals surface area contributed by atoms with Gasteiger partial charge in [0.1, 0.15) is 0 Å². The van der Waals surface area contributed by atoms with Gasteiger partial charge in [0.2, 0.25) is 0 Å². The summed E-state index contributed by atoms with van der Waals surface area (Å²) >= 11 is 0. The molecule has 3 N–H and O–H groups in total. The molecule has 0 radical (unpaired) electrons. The summed E-state index contributed by atoms with van der Waals surface area (Å²) in [5.74, 6) is 0. The maximum atomic E-state index is 5.75. The summed E-state index contributed by atoms with van der Waals surface area (Å²) in [4.78, 5) is 0. The number of hydrogen-bond donors (Lipinski definition) is 2. The number of nitrogens with one attached hydrogen (secondary N) is 1. The zero-order valence-corrected chi connectivity index (χ0v) is 7.69. The Kier molecular flexibility index (Phi) is 2.90. The van der Waals surface area contributed by atoms with Gasteiger partial charge < -0.3 is 11.1 Å². The summed E-state index contributed by atoms with van der Waals surface area (Å²) in [5, 5.41) is 3.58. The molecule has 1 rings (SSSR count). The van der Waals surface area contributed by atoms with Gasteiger partial charge in [-0.15, -0.1) is 0 Å². The van der Waals surface area contributed by atoms with Crippen LogP contribution in [0.3, 0.4) is 0 Å². The number of nitrogens with two attached hydrogens (primary N) is 1. The average Bonchev–Trinajstić information content (AvgIpc) is 2.36. The molecule has 0 heterocycles. The van der Waals surface area contributed by atoms with Crippen molar-refractivity contribution in [1.29, 1.82) is 0 Å². The molecule has 2 heteroatoms. The van der Waals surface area contributed by atoms with E-state index in [1.807, 2.05) is 0 Å². The van der Waals surface area contributed by atoms with E-state index in [4.69, 9.17) is 5.73 Å². The second kappa shape index (κ2) is 3.55. The van der Waals surface area contributed by atoms with Crippen LogP contribution in [0.5, 0.6) is 0 Å². The normalized spacial score (nSPS) is 22.9. The summed E-state index contributed by atoms with van der Waals surface area (Å²) in [5.41, 5.74) is 6.04. The van der Waals surface area contributed by atoms with Crippen molar-refractivity contribution in [3.8, 4) is 0 Å². The van der Waals surface area contributed by atoms with Crippen LogP contribution in [0.2, 0.25) is 0 Å². The van der Waals surface area contributed by atoms with Gasteiger partial charge in [0, 0.05) is 18.1 Å². The largest absolute Gasteiger partial charge is 0.329 e. The minimum Gasteiger partial charge on any atom is -0.329 e. The lowest BCUT2D eigenvalue weighted by molar-refractivity contribution is 0.313. The van der Waals surface area contributed by atoms with Gasteiger partial charge in [0.15, 0.2) is 0 Å². The van der Waals surface area contributed by atoms with Gasteiger partial charge in [-0.1, -0.05) is 26.7 Å². The van der Waals surface area contributed by atoms with Gasteiger partial charge in [-0.3, -0.25) is 0 Å². The molecule has 0 aliphatic heterocycles. The van der Waals surface area contributed by atoms with Crippen molar-refractivity contribution in [3.05, 3.63) is 0 Å². The Morgan fingerprint density at radius 3 is 2.27 bits per heavy atom. The van der Waals surface area contributed by atoms with E-state index in [0.717, 1.165) is 6.54 Å². The number of hydrogen-bond acceptors (Lipinski definition) is 2. The van der Waals surface area contributed by atoms with E-state index in [2.05, 4.69) is 19.2 Å². The highest BCUT2D eigenvalue weighted by Gasteiger charge is 2.32. The molecule has 66 valence electrons. The van der Waals surface area contributed by atoms with Gasteiger partial charge in [0.05, 0.1) is 0 Å². The molecule has 0 aromatic rings. The fourth-order valence-corrected chi connectivity index (χ4v) is 2.07. The van der Waals surface area contributed by atoms with Gasteiger partial charge >= 0.3 is 0 Å². The standard InChI is InChI=1S/C9H20N2/c1-8(2)11-9(7-10)5-3-4-6-9/h8,11H,3-7,10H2,1-2H3. The van der Waals surface area contributed by atoms with E-state index in [-0.39, 0.29) is 5.54 Å². The molecule has 0 unspecified atom stereocenters. The smallest absolute Gasteiger partial charge is 0.0306 e. The Morgan fingerprint density at radius 2 is 1.91 bits per heavy atom. The Balaban J connectivity index is 2.45. The zero-order valence-electron chi connectivity index (χ0n) is 7.69. The van der Waals surface area contributed by atoms with E-state index in [0.29, 0.717) is 6.04 Å².